The molecule has 0 bridgehead atoms. The van der Waals surface area contributed by atoms with Crippen LogP contribution < -0.4 is 0 Å². The highest BCUT2D eigenvalue weighted by atomic mass is 32.1. The molecule has 1 N–H and O–H groups in total. The Morgan fingerprint density at radius 3 is 2.61 bits per heavy atom. The van der Waals surface area contributed by atoms with E-state index in [0.717, 1.165) is 37.0 Å². The van der Waals surface area contributed by atoms with E-state index in [0.29, 0.717) is 5.41 Å². The average Bonchev–Trinajstić information content (AvgIpc) is 3.39. The molecular weight excluding hydrogens is 398 g/mol. The zero-order valence-electron chi connectivity index (χ0n) is 18.7. The molecule has 4 aliphatic carbocycles. The maximum Gasteiger partial charge on any atom is 0.120 e. The molecule has 0 saturated heterocycles. The summed E-state index contributed by atoms with van der Waals surface area (Å²) in [5.74, 6) is 2.28. The van der Waals surface area contributed by atoms with E-state index >= 15 is 0 Å². The van der Waals surface area contributed by atoms with Crippen molar-refractivity contribution in [3.05, 3.63) is 59.3 Å². The van der Waals surface area contributed by atoms with Crippen LogP contribution in [0.25, 0.3) is 16.0 Å². The van der Waals surface area contributed by atoms with Crippen LogP contribution in [0.2, 0.25) is 0 Å². The van der Waals surface area contributed by atoms with Gasteiger partial charge in [0.2, 0.25) is 0 Å². The van der Waals surface area contributed by atoms with Crippen LogP contribution in [-0.4, -0.2) is 16.2 Å². The summed E-state index contributed by atoms with van der Waals surface area (Å²) in [7, 11) is 0. The Morgan fingerprint density at radius 1 is 0.968 bits per heavy atom. The van der Waals surface area contributed by atoms with Crippen LogP contribution in [-0.2, 0) is 0 Å². The lowest BCUT2D eigenvalue weighted by Gasteiger charge is -2.57. The number of aromatic nitrogens is 1. The highest BCUT2D eigenvalue weighted by molar-refractivity contribution is 7.16. The number of aliphatic hydroxyl groups excluding tert-OH is 1. The van der Waals surface area contributed by atoms with Gasteiger partial charge in [-0.25, -0.2) is 4.98 Å². The van der Waals surface area contributed by atoms with E-state index in [-0.39, 0.29) is 11.5 Å². The summed E-state index contributed by atoms with van der Waals surface area (Å²) in [6, 6.07) is 10.7. The van der Waals surface area contributed by atoms with E-state index in [1.54, 1.807) is 5.57 Å². The van der Waals surface area contributed by atoms with Crippen LogP contribution in [0.15, 0.2) is 54.3 Å². The second kappa shape index (κ2) is 7.15. The monoisotopic (exact) mass is 431 g/mol. The lowest BCUT2D eigenvalue weighted by molar-refractivity contribution is -0.0238. The predicted molar refractivity (Wildman–Crippen MR) is 129 cm³/mol. The summed E-state index contributed by atoms with van der Waals surface area (Å²) in [6.45, 7) is 5.04. The molecule has 0 aliphatic heterocycles. The number of aliphatic hydroxyl groups is 1. The van der Waals surface area contributed by atoms with Gasteiger partial charge in [0.05, 0.1) is 11.0 Å². The molecule has 162 valence electrons. The van der Waals surface area contributed by atoms with Gasteiger partial charge in [0.1, 0.15) is 5.01 Å². The quantitative estimate of drug-likeness (QED) is 0.513. The highest BCUT2D eigenvalue weighted by Crippen LogP contribution is 2.66. The molecule has 6 atom stereocenters. The van der Waals surface area contributed by atoms with Gasteiger partial charge in [0.25, 0.3) is 0 Å². The predicted octanol–water partition coefficient (Wildman–Crippen LogP) is 7.13. The number of benzene rings is 1. The fraction of sp³-hybridized carbons (Fsp3) is 0.536. The van der Waals surface area contributed by atoms with E-state index in [1.165, 1.54) is 46.7 Å². The smallest absolute Gasteiger partial charge is 0.120 e. The molecule has 4 aliphatic rings. The van der Waals surface area contributed by atoms with Gasteiger partial charge in [-0.3, -0.25) is 0 Å². The first-order valence-corrected chi connectivity index (χ1v) is 12.9. The Balaban J connectivity index is 1.29. The fourth-order valence-electron chi connectivity index (χ4n) is 7.68. The molecule has 0 amide bonds. The summed E-state index contributed by atoms with van der Waals surface area (Å²) in [5, 5.41) is 11.5. The SMILES string of the molecule is C[C@]12CC[C@H](O)CC1=CC[C@@H]1[C@@H]2CC[C@]2(C)C(c3ncc(-c4ccccc4)s3)=CC[C@@H]12. The molecule has 0 radical (unpaired) electrons. The second-order valence-corrected chi connectivity index (χ2v) is 11.9. The summed E-state index contributed by atoms with van der Waals surface area (Å²) in [4.78, 5) is 6.19. The van der Waals surface area contributed by atoms with E-state index in [1.807, 2.05) is 11.3 Å². The molecule has 0 spiro atoms. The molecule has 31 heavy (non-hydrogen) atoms. The first kappa shape index (κ1) is 19.9. The van der Waals surface area contributed by atoms with Crippen LogP contribution >= 0.6 is 11.3 Å². The third-order valence-electron chi connectivity index (χ3n) is 9.45. The Morgan fingerprint density at radius 2 is 1.77 bits per heavy atom. The minimum atomic E-state index is -0.117. The van der Waals surface area contributed by atoms with Gasteiger partial charge in [0.15, 0.2) is 0 Å². The minimum absolute atomic E-state index is 0.117. The van der Waals surface area contributed by atoms with Crippen molar-refractivity contribution in [1.29, 1.82) is 0 Å². The number of nitrogens with zero attached hydrogens (tertiary/aromatic N) is 1. The van der Waals surface area contributed by atoms with Crippen molar-refractivity contribution in [3.63, 3.8) is 0 Å². The molecule has 0 unspecified atom stereocenters. The second-order valence-electron chi connectivity index (χ2n) is 10.9. The van der Waals surface area contributed by atoms with Gasteiger partial charge >= 0.3 is 0 Å². The topological polar surface area (TPSA) is 33.1 Å². The van der Waals surface area contributed by atoms with Gasteiger partial charge in [-0.2, -0.15) is 0 Å². The maximum absolute atomic E-state index is 10.2. The Labute approximate surface area is 190 Å². The fourth-order valence-corrected chi connectivity index (χ4v) is 8.77. The molecule has 1 aromatic heterocycles. The Hall–Kier alpha value is -1.71. The third kappa shape index (κ3) is 2.96. The van der Waals surface area contributed by atoms with Gasteiger partial charge in [-0.1, -0.05) is 61.9 Å². The van der Waals surface area contributed by atoms with Gasteiger partial charge in [0, 0.05) is 6.20 Å². The highest BCUT2D eigenvalue weighted by Gasteiger charge is 2.57. The van der Waals surface area contributed by atoms with Gasteiger partial charge in [-0.15, -0.1) is 11.3 Å². The Kier molecular flexibility index (Phi) is 4.60. The number of allylic oxidation sites excluding steroid dienone is 3. The zero-order valence-corrected chi connectivity index (χ0v) is 19.5. The summed E-state index contributed by atoms with van der Waals surface area (Å²) in [5.41, 5.74) is 4.92. The van der Waals surface area contributed by atoms with Crippen molar-refractivity contribution < 1.29 is 5.11 Å². The summed E-state index contributed by atoms with van der Waals surface area (Å²) < 4.78 is 0. The van der Waals surface area contributed by atoms with Crippen molar-refractivity contribution in [2.45, 2.75) is 64.9 Å². The maximum atomic E-state index is 10.2. The number of thiazole rings is 1. The number of fused-ring (bicyclic) bond motifs is 5. The molecule has 2 aromatic rings. The zero-order chi connectivity index (χ0) is 21.2. The standard InChI is InChI=1S/C28H33NOS/c1-27-14-12-20(30)16-19(27)8-9-21-22-10-11-24(28(22,2)15-13-23(21)27)26-29-17-25(31-26)18-6-4-3-5-7-18/h3-8,11,17,20-23,30H,9-10,12-16H2,1-2H3/t20-,21-,22-,23-,27-,28-/m0/s1. The van der Waals surface area contributed by atoms with Gasteiger partial charge < -0.3 is 5.11 Å². The van der Waals surface area contributed by atoms with Crippen LogP contribution in [0, 0.1) is 28.6 Å². The van der Waals surface area contributed by atoms with Crippen molar-refractivity contribution in [3.8, 4) is 10.4 Å². The van der Waals surface area contributed by atoms with Crippen LogP contribution in [0.4, 0.5) is 0 Å². The minimum Gasteiger partial charge on any atom is -0.393 e. The number of hydrogen-bond acceptors (Lipinski definition) is 3. The summed E-state index contributed by atoms with van der Waals surface area (Å²) in [6.07, 6.45) is 15.1. The van der Waals surface area contributed by atoms with Crippen molar-refractivity contribution in [2.24, 2.45) is 28.6 Å². The first-order chi connectivity index (χ1) is 15.0. The lowest BCUT2D eigenvalue weighted by Crippen LogP contribution is -2.49. The molecule has 2 nitrogen and oxygen atoms in total. The van der Waals surface area contributed by atoms with E-state index in [2.05, 4.69) is 62.5 Å². The largest absolute Gasteiger partial charge is 0.393 e. The van der Waals surface area contributed by atoms with Crippen molar-refractivity contribution >= 4 is 16.9 Å². The van der Waals surface area contributed by atoms with E-state index in [4.69, 9.17) is 4.98 Å². The molecule has 6 rings (SSSR count). The van der Waals surface area contributed by atoms with Gasteiger partial charge in [-0.05, 0) is 84.7 Å². The van der Waals surface area contributed by atoms with Crippen LogP contribution in [0.3, 0.4) is 0 Å². The first-order valence-electron chi connectivity index (χ1n) is 12.1. The van der Waals surface area contributed by atoms with E-state index < -0.39 is 0 Å². The molecule has 1 aromatic carbocycles. The Bertz CT molecular complexity index is 1050. The molecule has 2 fully saturated rings. The third-order valence-corrected chi connectivity index (χ3v) is 10.5. The van der Waals surface area contributed by atoms with Crippen molar-refractivity contribution in [1.82, 2.24) is 4.98 Å². The average molecular weight is 432 g/mol. The summed E-state index contributed by atoms with van der Waals surface area (Å²) >= 11 is 1.87. The number of hydrogen-bond donors (Lipinski definition) is 1. The van der Waals surface area contributed by atoms with E-state index in [9.17, 15) is 5.11 Å². The van der Waals surface area contributed by atoms with Crippen LogP contribution in [0.5, 0.6) is 0 Å². The normalized spacial score (nSPS) is 39.2. The molecular formula is C28H33NOS. The van der Waals surface area contributed by atoms with Crippen LogP contribution in [0.1, 0.15) is 63.8 Å². The number of rotatable bonds is 2. The molecule has 1 heterocycles. The van der Waals surface area contributed by atoms with Crippen molar-refractivity contribution in [2.75, 3.05) is 0 Å². The molecule has 3 heteroatoms. The lowest BCUT2D eigenvalue weighted by atomic mass is 9.47. The molecule has 2 saturated carbocycles.